The Labute approximate surface area is 293 Å². The van der Waals surface area contributed by atoms with Crippen LogP contribution in [0.3, 0.4) is 0 Å². The van der Waals surface area contributed by atoms with Gasteiger partial charge in [0, 0.05) is 51.3 Å². The molecule has 0 aliphatic carbocycles. The normalized spacial score (nSPS) is 14.7. The van der Waals surface area contributed by atoms with Crippen molar-refractivity contribution in [3.8, 4) is 17.2 Å². The number of ether oxygens (including phenoxy) is 3. The lowest BCUT2D eigenvalue weighted by atomic mass is 9.94. The number of halogens is 2. The van der Waals surface area contributed by atoms with Gasteiger partial charge in [0.05, 0.1) is 42.4 Å². The minimum Gasteiger partial charge on any atom is -0.493 e. The first kappa shape index (κ1) is 35.4. The van der Waals surface area contributed by atoms with Gasteiger partial charge in [-0.05, 0) is 74.8 Å². The van der Waals surface area contributed by atoms with Gasteiger partial charge in [-0.15, -0.1) is 0 Å². The van der Waals surface area contributed by atoms with Crippen LogP contribution in [0.15, 0.2) is 66.7 Å². The molecule has 1 aliphatic heterocycles. The zero-order chi connectivity index (χ0) is 34.2. The van der Waals surface area contributed by atoms with E-state index in [9.17, 15) is 4.79 Å². The highest BCUT2D eigenvalue weighted by Gasteiger charge is 2.25. The van der Waals surface area contributed by atoms with Crippen LogP contribution in [-0.4, -0.2) is 92.9 Å². The van der Waals surface area contributed by atoms with Crippen molar-refractivity contribution in [2.75, 3.05) is 72.5 Å². The van der Waals surface area contributed by atoms with Gasteiger partial charge in [0.2, 0.25) is 11.7 Å². The Morgan fingerprint density at radius 3 is 2.40 bits per heavy atom. The second-order valence-corrected chi connectivity index (χ2v) is 12.8. The summed E-state index contributed by atoms with van der Waals surface area (Å²) in [4.78, 5) is 25.5. The summed E-state index contributed by atoms with van der Waals surface area (Å²) in [6, 6.07) is 17.5. The molecule has 5 rings (SSSR count). The number of anilines is 1. The zero-order valence-electron chi connectivity index (χ0n) is 28.4. The molecule has 256 valence electrons. The van der Waals surface area contributed by atoms with Crippen molar-refractivity contribution in [3.63, 3.8) is 0 Å². The highest BCUT2D eigenvalue weighted by atomic mass is 35.5. The molecule has 1 aromatic heterocycles. The number of likely N-dealkylation sites (N-methyl/N-ethyl adjacent to an activating group) is 1. The predicted octanol–water partition coefficient (Wildman–Crippen LogP) is 7.40. The lowest BCUT2D eigenvalue weighted by molar-refractivity contribution is 0.0782. The van der Waals surface area contributed by atoms with Crippen molar-refractivity contribution in [3.05, 3.63) is 87.9 Å². The molecule has 0 spiro atoms. The van der Waals surface area contributed by atoms with E-state index in [4.69, 9.17) is 42.4 Å². The second-order valence-electron chi connectivity index (χ2n) is 12.0. The summed E-state index contributed by atoms with van der Waals surface area (Å²) < 4.78 is 18.7. The van der Waals surface area contributed by atoms with Gasteiger partial charge in [0.25, 0.3) is 5.91 Å². The van der Waals surface area contributed by atoms with Gasteiger partial charge in [-0.3, -0.25) is 4.79 Å². The molecule has 1 aliphatic rings. The topological polar surface area (TPSA) is 72.3 Å². The molecule has 1 amide bonds. The van der Waals surface area contributed by atoms with Crippen molar-refractivity contribution >= 4 is 46.1 Å². The van der Waals surface area contributed by atoms with Gasteiger partial charge in [-0.25, -0.2) is 4.98 Å². The molecule has 1 unspecified atom stereocenters. The first-order valence-electron chi connectivity index (χ1n) is 16.3. The Morgan fingerprint density at radius 2 is 1.71 bits per heavy atom. The van der Waals surface area contributed by atoms with E-state index in [-0.39, 0.29) is 11.8 Å². The molecule has 3 aromatic carbocycles. The van der Waals surface area contributed by atoms with E-state index >= 15 is 0 Å². The molecule has 2 heterocycles. The molecular weight excluding hydrogens is 649 g/mol. The highest BCUT2D eigenvalue weighted by Crippen LogP contribution is 2.39. The zero-order valence-corrected chi connectivity index (χ0v) is 29.9. The first-order chi connectivity index (χ1) is 23.3. The number of amides is 1. The van der Waals surface area contributed by atoms with E-state index in [1.54, 1.807) is 24.1 Å². The second kappa shape index (κ2) is 16.5. The van der Waals surface area contributed by atoms with Gasteiger partial charge in [-0.1, -0.05) is 53.6 Å². The van der Waals surface area contributed by atoms with E-state index in [1.165, 1.54) is 14.2 Å². The molecule has 0 N–H and O–H groups in total. The third-order valence-electron chi connectivity index (χ3n) is 8.99. The van der Waals surface area contributed by atoms with Gasteiger partial charge >= 0.3 is 0 Å². The molecule has 1 saturated heterocycles. The summed E-state index contributed by atoms with van der Waals surface area (Å²) in [7, 11) is 6.44. The number of imidazole rings is 1. The number of allylic oxidation sites excluding steroid dienone is 2. The summed E-state index contributed by atoms with van der Waals surface area (Å²) in [5, 5.41) is 1.01. The van der Waals surface area contributed by atoms with Crippen LogP contribution >= 0.6 is 23.2 Å². The SMILES string of the molecule is CC=CCn1c(N2CCCN(CCC(CN(C)C(=O)c3cc(OC)c(OC)c(OC)c3)c3ccc(Cl)c(Cl)c3)CC2)nc2ccccc21. The maximum Gasteiger partial charge on any atom is 0.253 e. The maximum atomic E-state index is 13.7. The third kappa shape index (κ3) is 8.02. The van der Waals surface area contributed by atoms with E-state index in [0.717, 1.165) is 74.7 Å². The smallest absolute Gasteiger partial charge is 0.253 e. The Kier molecular flexibility index (Phi) is 12.1. The number of aromatic nitrogens is 2. The summed E-state index contributed by atoms with van der Waals surface area (Å²) >= 11 is 12.8. The predicted molar refractivity (Wildman–Crippen MR) is 195 cm³/mol. The van der Waals surface area contributed by atoms with Crippen LogP contribution in [0.1, 0.15) is 41.6 Å². The van der Waals surface area contributed by atoms with E-state index in [0.29, 0.717) is 39.4 Å². The number of para-hydroxylation sites is 2. The van der Waals surface area contributed by atoms with Gasteiger partial charge < -0.3 is 33.5 Å². The first-order valence-corrected chi connectivity index (χ1v) is 17.1. The lowest BCUT2D eigenvalue weighted by Gasteiger charge is -2.28. The van der Waals surface area contributed by atoms with Crippen LogP contribution in [0.4, 0.5) is 5.95 Å². The van der Waals surface area contributed by atoms with Gasteiger partial charge in [-0.2, -0.15) is 0 Å². The van der Waals surface area contributed by atoms with Crippen LogP contribution in [0, 0.1) is 0 Å². The van der Waals surface area contributed by atoms with Crippen molar-refractivity contribution in [1.29, 1.82) is 0 Å². The van der Waals surface area contributed by atoms with E-state index in [1.807, 2.05) is 31.3 Å². The van der Waals surface area contributed by atoms with Crippen LogP contribution in [-0.2, 0) is 6.54 Å². The maximum absolute atomic E-state index is 13.7. The molecule has 48 heavy (non-hydrogen) atoms. The number of fused-ring (bicyclic) bond motifs is 1. The number of nitrogens with zero attached hydrogens (tertiary/aromatic N) is 5. The number of rotatable bonds is 13. The highest BCUT2D eigenvalue weighted by molar-refractivity contribution is 6.42. The lowest BCUT2D eigenvalue weighted by Crippen LogP contribution is -2.35. The van der Waals surface area contributed by atoms with Crippen LogP contribution < -0.4 is 19.1 Å². The van der Waals surface area contributed by atoms with Crippen molar-refractivity contribution in [1.82, 2.24) is 19.4 Å². The Bertz CT molecular complexity index is 1720. The summed E-state index contributed by atoms with van der Waals surface area (Å²) in [5.41, 5.74) is 3.67. The van der Waals surface area contributed by atoms with Crippen LogP contribution in [0.2, 0.25) is 10.0 Å². The van der Waals surface area contributed by atoms with Crippen LogP contribution in [0.5, 0.6) is 17.2 Å². The summed E-state index contributed by atoms with van der Waals surface area (Å²) in [5.74, 6) is 2.21. The fourth-order valence-corrected chi connectivity index (χ4v) is 6.70. The average molecular weight is 695 g/mol. The number of carbonyl (C=O) groups excluding carboxylic acids is 1. The number of hydrogen-bond donors (Lipinski definition) is 0. The molecule has 11 heteroatoms. The summed E-state index contributed by atoms with van der Waals surface area (Å²) in [6.45, 7) is 7.94. The molecule has 4 aromatic rings. The molecule has 0 saturated carbocycles. The quantitative estimate of drug-likeness (QED) is 0.135. The Morgan fingerprint density at radius 1 is 0.958 bits per heavy atom. The number of carbonyl (C=O) groups is 1. The molecule has 9 nitrogen and oxygen atoms in total. The monoisotopic (exact) mass is 693 g/mol. The van der Waals surface area contributed by atoms with Crippen molar-refractivity contribution in [2.45, 2.75) is 32.2 Å². The number of benzene rings is 3. The summed E-state index contributed by atoms with van der Waals surface area (Å²) in [6.07, 6.45) is 6.13. The molecule has 0 bridgehead atoms. The van der Waals surface area contributed by atoms with Crippen LogP contribution in [0.25, 0.3) is 11.0 Å². The van der Waals surface area contributed by atoms with Gasteiger partial charge in [0.15, 0.2) is 11.5 Å². The average Bonchev–Trinajstić information content (AvgIpc) is 3.30. The fourth-order valence-electron chi connectivity index (χ4n) is 6.40. The number of methoxy groups -OCH3 is 3. The van der Waals surface area contributed by atoms with E-state index in [2.05, 4.69) is 51.6 Å². The standard InChI is InChI=1S/C37H45Cl2N5O4/c1-6-7-18-44-32-12-9-8-11-31(32)40-37(44)43-17-10-16-42(20-21-43)19-15-27(26-13-14-29(38)30(39)22-26)25-41(2)36(45)28-23-33(46-3)35(48-5)34(24-28)47-4/h6-9,11-14,22-24,27H,10,15-21,25H2,1-5H3. The minimum absolute atomic E-state index is 0.0279. The molecule has 1 atom stereocenters. The Balaban J connectivity index is 1.31. The minimum atomic E-state index is -0.148. The Hall–Kier alpha value is -3.92. The molecule has 1 fully saturated rings. The number of hydrogen-bond acceptors (Lipinski definition) is 7. The molecular formula is C37H45Cl2N5O4. The molecule has 0 radical (unpaired) electrons. The third-order valence-corrected chi connectivity index (χ3v) is 9.73. The van der Waals surface area contributed by atoms with Gasteiger partial charge in [0.1, 0.15) is 0 Å². The van der Waals surface area contributed by atoms with E-state index < -0.39 is 0 Å². The van der Waals surface area contributed by atoms with Crippen molar-refractivity contribution in [2.24, 2.45) is 0 Å². The largest absolute Gasteiger partial charge is 0.493 e. The fraction of sp³-hybridized carbons (Fsp3) is 0.405. The van der Waals surface area contributed by atoms with Crippen molar-refractivity contribution < 1.29 is 19.0 Å².